The van der Waals surface area contributed by atoms with E-state index in [0.29, 0.717) is 11.9 Å². The van der Waals surface area contributed by atoms with Crippen molar-refractivity contribution >= 4 is 18.3 Å². The van der Waals surface area contributed by atoms with E-state index in [9.17, 15) is 4.79 Å². The fourth-order valence-corrected chi connectivity index (χ4v) is 3.43. The Morgan fingerprint density at radius 2 is 2.05 bits per heavy atom. The summed E-state index contributed by atoms with van der Waals surface area (Å²) in [5, 5.41) is 3.30. The molecule has 0 spiro atoms. The highest BCUT2D eigenvalue weighted by molar-refractivity contribution is 5.85. The number of aryl methyl sites for hydroxylation is 1. The Balaban J connectivity index is 0.00000161. The third kappa shape index (κ3) is 3.78. The van der Waals surface area contributed by atoms with Gasteiger partial charge in [-0.05, 0) is 44.7 Å². The lowest BCUT2D eigenvalue weighted by Crippen LogP contribution is -2.41. The number of carbonyl (C=O) groups is 1. The molecule has 0 radical (unpaired) electrons. The monoisotopic (exact) mass is 308 g/mol. The van der Waals surface area contributed by atoms with Crippen LogP contribution in [0.25, 0.3) is 0 Å². The van der Waals surface area contributed by atoms with Gasteiger partial charge in [-0.15, -0.1) is 12.4 Å². The lowest BCUT2D eigenvalue weighted by molar-refractivity contribution is -0.135. The first kappa shape index (κ1) is 16.3. The van der Waals surface area contributed by atoms with E-state index in [2.05, 4.69) is 41.4 Å². The molecule has 1 amide bonds. The number of hydrogen-bond donors (Lipinski definition) is 1. The van der Waals surface area contributed by atoms with Crippen LogP contribution in [-0.4, -0.2) is 36.5 Å². The minimum atomic E-state index is 0. The number of nitrogens with zero attached hydrogens (tertiary/aromatic N) is 1. The van der Waals surface area contributed by atoms with Crippen LogP contribution >= 0.6 is 12.4 Å². The first-order valence-electron chi connectivity index (χ1n) is 7.81. The Hall–Kier alpha value is -1.06. The zero-order valence-corrected chi connectivity index (χ0v) is 13.5. The topological polar surface area (TPSA) is 32.3 Å². The number of halogens is 1. The maximum atomic E-state index is 12.6. The summed E-state index contributed by atoms with van der Waals surface area (Å²) in [7, 11) is 0. The molecule has 2 aliphatic rings. The molecule has 2 aliphatic heterocycles. The van der Waals surface area contributed by atoms with E-state index >= 15 is 0 Å². The molecular weight excluding hydrogens is 284 g/mol. The van der Waals surface area contributed by atoms with Crippen LogP contribution in [0.2, 0.25) is 0 Å². The molecule has 0 saturated carbocycles. The van der Waals surface area contributed by atoms with Crippen molar-refractivity contribution in [2.24, 2.45) is 5.92 Å². The van der Waals surface area contributed by atoms with E-state index < -0.39 is 0 Å². The molecule has 2 atom stereocenters. The molecule has 3 rings (SSSR count). The van der Waals surface area contributed by atoms with E-state index in [1.807, 2.05) is 0 Å². The average Bonchev–Trinajstić information content (AvgIpc) is 3.12. The fraction of sp³-hybridized carbons (Fsp3) is 0.588. The van der Waals surface area contributed by atoms with Crippen molar-refractivity contribution in [2.75, 3.05) is 19.6 Å². The number of carbonyl (C=O) groups excluding carboxylic acids is 1. The number of amides is 1. The van der Waals surface area contributed by atoms with E-state index in [1.54, 1.807) is 0 Å². The van der Waals surface area contributed by atoms with Crippen molar-refractivity contribution in [1.29, 1.82) is 0 Å². The highest BCUT2D eigenvalue weighted by Gasteiger charge is 2.34. The number of likely N-dealkylation sites (tertiary alicyclic amines) is 1. The third-order valence-electron chi connectivity index (χ3n) is 4.66. The summed E-state index contributed by atoms with van der Waals surface area (Å²) in [4.78, 5) is 14.7. The van der Waals surface area contributed by atoms with Gasteiger partial charge in [0.05, 0.1) is 5.92 Å². The van der Waals surface area contributed by atoms with Crippen LogP contribution in [0, 0.1) is 12.8 Å². The fourth-order valence-electron chi connectivity index (χ4n) is 3.43. The summed E-state index contributed by atoms with van der Waals surface area (Å²) in [6.45, 7) is 4.92. The quantitative estimate of drug-likeness (QED) is 0.931. The number of hydrogen-bond acceptors (Lipinski definition) is 2. The molecule has 0 aliphatic carbocycles. The molecule has 2 heterocycles. The second-order valence-electron chi connectivity index (χ2n) is 6.21. The van der Waals surface area contributed by atoms with E-state index in [0.717, 1.165) is 45.3 Å². The van der Waals surface area contributed by atoms with Crippen LogP contribution in [0.4, 0.5) is 0 Å². The molecule has 0 bridgehead atoms. The minimum Gasteiger partial charge on any atom is -0.339 e. The number of benzene rings is 1. The Morgan fingerprint density at radius 1 is 1.29 bits per heavy atom. The van der Waals surface area contributed by atoms with Gasteiger partial charge in [0, 0.05) is 19.1 Å². The van der Waals surface area contributed by atoms with Crippen LogP contribution in [0.3, 0.4) is 0 Å². The maximum absolute atomic E-state index is 12.6. The highest BCUT2D eigenvalue weighted by atomic mass is 35.5. The largest absolute Gasteiger partial charge is 0.339 e. The van der Waals surface area contributed by atoms with Crippen molar-refractivity contribution in [3.05, 3.63) is 35.4 Å². The Labute approximate surface area is 133 Å². The normalized spacial score (nSPS) is 24.9. The summed E-state index contributed by atoms with van der Waals surface area (Å²) in [5.74, 6) is 0.596. The second kappa shape index (κ2) is 7.28. The van der Waals surface area contributed by atoms with Gasteiger partial charge in [-0.1, -0.05) is 29.8 Å². The van der Waals surface area contributed by atoms with Gasteiger partial charge >= 0.3 is 0 Å². The highest BCUT2D eigenvalue weighted by Crippen LogP contribution is 2.25. The lowest BCUT2D eigenvalue weighted by Gasteiger charge is -2.27. The number of rotatable bonds is 3. The molecule has 2 fully saturated rings. The Morgan fingerprint density at radius 3 is 2.71 bits per heavy atom. The third-order valence-corrected chi connectivity index (χ3v) is 4.66. The molecule has 0 aromatic heterocycles. The smallest absolute Gasteiger partial charge is 0.227 e. The lowest BCUT2D eigenvalue weighted by atomic mass is 10.0. The standard InChI is InChI=1S/C17H24N2O.ClH/c1-13-4-6-14(7-5-13)11-16-3-2-10-19(16)17(20)15-8-9-18-12-15;/h4-7,15-16,18H,2-3,8-12H2,1H3;1H. The summed E-state index contributed by atoms with van der Waals surface area (Å²) in [6.07, 6.45) is 4.32. The van der Waals surface area contributed by atoms with Crippen molar-refractivity contribution in [2.45, 2.75) is 38.6 Å². The van der Waals surface area contributed by atoms with Crippen LogP contribution in [0.15, 0.2) is 24.3 Å². The average molecular weight is 309 g/mol. The van der Waals surface area contributed by atoms with Gasteiger partial charge in [0.25, 0.3) is 0 Å². The van der Waals surface area contributed by atoms with Crippen LogP contribution in [-0.2, 0) is 11.2 Å². The van der Waals surface area contributed by atoms with Crippen LogP contribution in [0.5, 0.6) is 0 Å². The van der Waals surface area contributed by atoms with Crippen LogP contribution < -0.4 is 5.32 Å². The molecule has 3 nitrogen and oxygen atoms in total. The van der Waals surface area contributed by atoms with Gasteiger partial charge in [-0.2, -0.15) is 0 Å². The molecule has 1 N–H and O–H groups in total. The number of nitrogens with one attached hydrogen (secondary N) is 1. The second-order valence-corrected chi connectivity index (χ2v) is 6.21. The predicted molar refractivity (Wildman–Crippen MR) is 87.8 cm³/mol. The van der Waals surface area contributed by atoms with Crippen LogP contribution in [0.1, 0.15) is 30.4 Å². The molecule has 2 unspecified atom stereocenters. The van der Waals surface area contributed by atoms with Gasteiger partial charge in [-0.25, -0.2) is 0 Å². The predicted octanol–water partition coefficient (Wildman–Crippen LogP) is 2.56. The Bertz CT molecular complexity index is 468. The SMILES string of the molecule is Cc1ccc(CC2CCCN2C(=O)C2CCNC2)cc1.Cl. The zero-order chi connectivity index (χ0) is 13.9. The molecule has 116 valence electrons. The molecule has 1 aromatic carbocycles. The summed E-state index contributed by atoms with van der Waals surface area (Å²) >= 11 is 0. The molecule has 4 heteroatoms. The first-order valence-corrected chi connectivity index (χ1v) is 7.81. The Kier molecular flexibility index (Phi) is 5.65. The van der Waals surface area contributed by atoms with E-state index in [-0.39, 0.29) is 18.3 Å². The van der Waals surface area contributed by atoms with Gasteiger partial charge < -0.3 is 10.2 Å². The minimum absolute atomic E-state index is 0. The zero-order valence-electron chi connectivity index (χ0n) is 12.7. The van der Waals surface area contributed by atoms with Crippen molar-refractivity contribution in [3.63, 3.8) is 0 Å². The maximum Gasteiger partial charge on any atom is 0.227 e. The van der Waals surface area contributed by atoms with Crippen molar-refractivity contribution in [3.8, 4) is 0 Å². The molecular formula is C17H25ClN2O. The van der Waals surface area contributed by atoms with Gasteiger partial charge in [-0.3, -0.25) is 4.79 Å². The van der Waals surface area contributed by atoms with Crippen molar-refractivity contribution < 1.29 is 4.79 Å². The summed E-state index contributed by atoms with van der Waals surface area (Å²) in [6, 6.07) is 9.14. The van der Waals surface area contributed by atoms with E-state index in [1.165, 1.54) is 11.1 Å². The summed E-state index contributed by atoms with van der Waals surface area (Å²) in [5.41, 5.74) is 2.65. The first-order chi connectivity index (χ1) is 9.74. The van der Waals surface area contributed by atoms with Gasteiger partial charge in [0.15, 0.2) is 0 Å². The van der Waals surface area contributed by atoms with Gasteiger partial charge in [0.2, 0.25) is 5.91 Å². The van der Waals surface area contributed by atoms with Crippen molar-refractivity contribution in [1.82, 2.24) is 10.2 Å². The summed E-state index contributed by atoms with van der Waals surface area (Å²) < 4.78 is 0. The molecule has 2 saturated heterocycles. The molecule has 1 aromatic rings. The molecule has 21 heavy (non-hydrogen) atoms. The van der Waals surface area contributed by atoms with E-state index in [4.69, 9.17) is 0 Å². The van der Waals surface area contributed by atoms with Gasteiger partial charge in [0.1, 0.15) is 0 Å².